The van der Waals surface area contributed by atoms with Crippen molar-refractivity contribution in [3.05, 3.63) is 70.8 Å². The fraction of sp³-hybridized carbons (Fsp3) is 0.480. The monoisotopic (exact) mass is 522 g/mol. The second kappa shape index (κ2) is 12.2. The van der Waals surface area contributed by atoms with E-state index in [1.165, 1.54) is 13.8 Å². The summed E-state index contributed by atoms with van der Waals surface area (Å²) in [7, 11) is -4.40. The minimum absolute atomic E-state index is 0.160. The van der Waals surface area contributed by atoms with Crippen LogP contribution in [0, 0.1) is 16.0 Å². The van der Waals surface area contributed by atoms with Gasteiger partial charge < -0.3 is 19.1 Å². The third-order valence-corrected chi connectivity index (χ3v) is 6.47. The molecule has 11 heteroatoms. The molecule has 36 heavy (non-hydrogen) atoms. The van der Waals surface area contributed by atoms with Gasteiger partial charge in [0.15, 0.2) is 0 Å². The lowest BCUT2D eigenvalue weighted by molar-refractivity contribution is -0.574. The van der Waals surface area contributed by atoms with Crippen LogP contribution in [-0.4, -0.2) is 34.8 Å². The molecule has 0 spiro atoms. The van der Waals surface area contributed by atoms with Crippen molar-refractivity contribution in [3.8, 4) is 11.5 Å². The summed E-state index contributed by atoms with van der Waals surface area (Å²) in [4.78, 5) is 23.5. The minimum Gasteiger partial charge on any atom is -0.444 e. The smallest absolute Gasteiger partial charge is 0.444 e. The highest BCUT2D eigenvalue weighted by Gasteiger charge is 2.50. The van der Waals surface area contributed by atoms with Gasteiger partial charge in [0.2, 0.25) is 5.54 Å². The average Bonchev–Trinajstić information content (AvgIpc) is 2.77. The zero-order valence-corrected chi connectivity index (χ0v) is 22.4. The van der Waals surface area contributed by atoms with E-state index in [-0.39, 0.29) is 24.5 Å². The van der Waals surface area contributed by atoms with Gasteiger partial charge in [0.1, 0.15) is 23.2 Å². The van der Waals surface area contributed by atoms with Crippen molar-refractivity contribution < 1.29 is 32.6 Å². The number of hydrogen-bond acceptors (Lipinski definition) is 8. The highest BCUT2D eigenvalue weighted by atomic mass is 31.2. The molecule has 2 aromatic rings. The number of nitrogens with one attached hydrogen (secondary N) is 1. The van der Waals surface area contributed by atoms with Gasteiger partial charge in [-0.25, -0.2) is 9.36 Å². The molecule has 2 atom stereocenters. The van der Waals surface area contributed by atoms with E-state index in [0.717, 1.165) is 0 Å². The number of nitro groups is 1. The standard InChI is InChI=1S/C25H35N2O8P/c1-19(17-18-26-23(28)32-24(2,3)4)22(25(5,6)27(29)30)35-36(31,33-20-13-9-7-10-14-20)34-21-15-11-8-12-16-21/h7-16,19,22H,17-18H2,1-6H3,(H,26,28)/t19-,22+/m1/s1. The Balaban J connectivity index is 2.28. The van der Waals surface area contributed by atoms with E-state index >= 15 is 0 Å². The number of ether oxygens (including phenoxy) is 1. The van der Waals surface area contributed by atoms with Crippen molar-refractivity contribution >= 4 is 13.9 Å². The molecule has 0 aliphatic rings. The molecule has 0 unspecified atom stereocenters. The Morgan fingerprint density at radius 2 is 1.44 bits per heavy atom. The van der Waals surface area contributed by atoms with Gasteiger partial charge in [-0.1, -0.05) is 43.3 Å². The lowest BCUT2D eigenvalue weighted by atomic mass is 9.86. The van der Waals surface area contributed by atoms with Crippen LogP contribution in [0.15, 0.2) is 60.7 Å². The van der Waals surface area contributed by atoms with E-state index < -0.39 is 42.0 Å². The van der Waals surface area contributed by atoms with Gasteiger partial charge in [-0.3, -0.25) is 14.6 Å². The van der Waals surface area contributed by atoms with E-state index in [1.54, 1.807) is 88.4 Å². The summed E-state index contributed by atoms with van der Waals surface area (Å²) in [6.07, 6.45) is -1.53. The molecule has 0 saturated heterocycles. The number of nitrogens with zero attached hydrogens (tertiary/aromatic N) is 1. The number of alkyl carbamates (subject to hydrolysis) is 1. The Kier molecular flexibility index (Phi) is 9.90. The lowest BCUT2D eigenvalue weighted by Crippen LogP contribution is -2.49. The van der Waals surface area contributed by atoms with Crippen LogP contribution >= 0.6 is 7.82 Å². The van der Waals surface area contributed by atoms with Crippen molar-refractivity contribution in [2.45, 2.75) is 65.2 Å². The van der Waals surface area contributed by atoms with E-state index in [1.807, 2.05) is 0 Å². The maximum atomic E-state index is 13.9. The van der Waals surface area contributed by atoms with Crippen LogP contribution in [0.2, 0.25) is 0 Å². The first-order valence-electron chi connectivity index (χ1n) is 11.6. The number of carbonyl (C=O) groups is 1. The second-order valence-corrected chi connectivity index (χ2v) is 11.4. The highest BCUT2D eigenvalue weighted by Crippen LogP contribution is 2.53. The summed E-state index contributed by atoms with van der Waals surface area (Å²) in [5, 5.41) is 14.6. The van der Waals surface area contributed by atoms with Crippen LogP contribution in [0.3, 0.4) is 0 Å². The number of phosphoric acid groups is 1. The van der Waals surface area contributed by atoms with Crippen molar-refractivity contribution in [3.63, 3.8) is 0 Å². The Morgan fingerprint density at radius 1 is 0.972 bits per heavy atom. The number of rotatable bonds is 12. The van der Waals surface area contributed by atoms with Crippen LogP contribution in [0.5, 0.6) is 11.5 Å². The average molecular weight is 523 g/mol. The Morgan fingerprint density at radius 3 is 1.86 bits per heavy atom. The number of carbonyl (C=O) groups excluding carboxylic acids is 1. The fourth-order valence-corrected chi connectivity index (χ4v) is 4.95. The lowest BCUT2D eigenvalue weighted by Gasteiger charge is -2.33. The van der Waals surface area contributed by atoms with Gasteiger partial charge in [-0.2, -0.15) is 0 Å². The van der Waals surface area contributed by atoms with E-state index in [0.29, 0.717) is 0 Å². The topological polar surface area (TPSA) is 126 Å². The third-order valence-electron chi connectivity index (χ3n) is 5.12. The van der Waals surface area contributed by atoms with E-state index in [2.05, 4.69) is 5.32 Å². The number of benzene rings is 2. The Labute approximate surface area is 212 Å². The molecule has 0 radical (unpaired) electrons. The molecule has 0 aliphatic heterocycles. The number of phosphoric ester groups is 1. The van der Waals surface area contributed by atoms with Gasteiger partial charge in [0.05, 0.1) is 0 Å². The third kappa shape index (κ3) is 9.17. The normalized spacial score (nSPS) is 13.8. The van der Waals surface area contributed by atoms with Crippen molar-refractivity contribution in [2.24, 2.45) is 5.92 Å². The molecule has 198 valence electrons. The van der Waals surface area contributed by atoms with Crippen LogP contribution < -0.4 is 14.4 Å². The molecule has 2 aromatic carbocycles. The zero-order valence-electron chi connectivity index (χ0n) is 21.5. The molecular formula is C25H35N2O8P. The second-order valence-electron chi connectivity index (χ2n) is 9.89. The molecule has 10 nitrogen and oxygen atoms in total. The van der Waals surface area contributed by atoms with Crippen LogP contribution in [0.1, 0.15) is 48.0 Å². The number of hydrogen-bond donors (Lipinski definition) is 1. The molecule has 0 saturated carbocycles. The molecule has 0 aromatic heterocycles. The molecule has 0 heterocycles. The first-order chi connectivity index (χ1) is 16.7. The van der Waals surface area contributed by atoms with Gasteiger partial charge in [-0.05, 0) is 57.4 Å². The summed E-state index contributed by atoms with van der Waals surface area (Å²) >= 11 is 0. The molecular weight excluding hydrogens is 487 g/mol. The largest absolute Gasteiger partial charge is 0.588 e. The van der Waals surface area contributed by atoms with Crippen LogP contribution in [0.4, 0.5) is 4.79 Å². The van der Waals surface area contributed by atoms with Gasteiger partial charge in [0.25, 0.3) is 0 Å². The van der Waals surface area contributed by atoms with Crippen LogP contribution in [-0.2, 0) is 13.8 Å². The van der Waals surface area contributed by atoms with Crippen molar-refractivity contribution in [1.29, 1.82) is 0 Å². The maximum Gasteiger partial charge on any atom is 0.588 e. The molecule has 0 bridgehead atoms. The summed E-state index contributed by atoms with van der Waals surface area (Å²) in [6, 6.07) is 16.6. The van der Waals surface area contributed by atoms with Gasteiger partial charge in [0, 0.05) is 25.3 Å². The predicted octanol–water partition coefficient (Wildman–Crippen LogP) is 6.24. The minimum atomic E-state index is -4.40. The summed E-state index contributed by atoms with van der Waals surface area (Å²) < 4.78 is 36.3. The highest BCUT2D eigenvalue weighted by molar-refractivity contribution is 7.49. The maximum absolute atomic E-state index is 13.9. The number of para-hydroxylation sites is 2. The molecule has 1 N–H and O–H groups in total. The summed E-state index contributed by atoms with van der Waals surface area (Å²) in [5.74, 6) is -0.102. The van der Waals surface area contributed by atoms with Gasteiger partial charge >= 0.3 is 13.9 Å². The SMILES string of the molecule is C[C@H](CCNC(=O)OC(C)(C)C)[C@H](OP(=O)(Oc1ccccc1)Oc1ccccc1)C(C)(C)[N+](=O)[O-]. The molecule has 1 amide bonds. The Hall–Kier alpha value is -3.10. The van der Waals surface area contributed by atoms with Gasteiger partial charge in [-0.15, -0.1) is 0 Å². The Bertz CT molecular complexity index is 996. The van der Waals surface area contributed by atoms with E-state index in [9.17, 15) is 19.5 Å². The molecule has 2 rings (SSSR count). The summed E-state index contributed by atoms with van der Waals surface area (Å²) in [5.41, 5.74) is -2.33. The zero-order chi connectivity index (χ0) is 27.0. The first kappa shape index (κ1) is 29.1. The fourth-order valence-electron chi connectivity index (χ4n) is 3.32. The predicted molar refractivity (Wildman–Crippen MR) is 136 cm³/mol. The number of amides is 1. The van der Waals surface area contributed by atoms with E-state index in [4.69, 9.17) is 18.3 Å². The molecule has 0 aliphatic carbocycles. The quantitative estimate of drug-likeness (QED) is 0.197. The molecule has 0 fully saturated rings. The summed E-state index contributed by atoms with van der Waals surface area (Å²) in [6.45, 7) is 9.87. The van der Waals surface area contributed by atoms with Crippen LogP contribution in [0.25, 0.3) is 0 Å². The van der Waals surface area contributed by atoms with Crippen molar-refractivity contribution in [2.75, 3.05) is 6.54 Å². The first-order valence-corrected chi connectivity index (χ1v) is 13.1. The van der Waals surface area contributed by atoms with Crippen molar-refractivity contribution in [1.82, 2.24) is 5.32 Å².